The molecule has 0 bridgehead atoms. The van der Waals surface area contributed by atoms with Crippen molar-refractivity contribution in [1.29, 1.82) is 0 Å². The van der Waals surface area contributed by atoms with Crippen molar-refractivity contribution < 1.29 is 9.84 Å². The van der Waals surface area contributed by atoms with Crippen LogP contribution in [0.15, 0.2) is 18.2 Å². The third-order valence-corrected chi connectivity index (χ3v) is 2.10. The monoisotopic (exact) mass is 204 g/mol. The summed E-state index contributed by atoms with van der Waals surface area (Å²) in [5.74, 6) is 0.854. The number of ether oxygens (including phenoxy) is 1. The number of phenols is 1. The average Bonchev–Trinajstić information content (AvgIpc) is 2.16. The van der Waals surface area contributed by atoms with Crippen molar-refractivity contribution in [2.24, 2.45) is 0 Å². The van der Waals surface area contributed by atoms with Crippen molar-refractivity contribution in [3.8, 4) is 11.5 Å². The first-order valence-electron chi connectivity index (χ1n) is 4.64. The first kappa shape index (κ1) is 13.8. The zero-order chi connectivity index (χ0) is 9.68. The van der Waals surface area contributed by atoms with Gasteiger partial charge in [0.2, 0.25) is 0 Å². The van der Waals surface area contributed by atoms with E-state index in [2.05, 4.69) is 6.92 Å². The van der Waals surface area contributed by atoms with E-state index in [-0.39, 0.29) is 29.6 Å². The van der Waals surface area contributed by atoms with Gasteiger partial charge in [0.05, 0.1) is 7.11 Å². The fraction of sp³-hybridized carbons (Fsp3) is 0.455. The summed E-state index contributed by atoms with van der Waals surface area (Å²) in [6.45, 7) is 2.14. The van der Waals surface area contributed by atoms with Crippen molar-refractivity contribution >= 4 is 29.6 Å². The van der Waals surface area contributed by atoms with Gasteiger partial charge in [-0.25, -0.2) is 0 Å². The van der Waals surface area contributed by atoms with Gasteiger partial charge in [0, 0.05) is 0 Å². The van der Waals surface area contributed by atoms with Crippen molar-refractivity contribution in [2.75, 3.05) is 7.11 Å². The number of unbranched alkanes of at least 4 members (excludes halogenated alkanes) is 1. The molecule has 2 nitrogen and oxygen atoms in total. The summed E-state index contributed by atoms with van der Waals surface area (Å²) in [6.07, 6.45) is 3.15. The van der Waals surface area contributed by atoms with Gasteiger partial charge in [0.15, 0.2) is 11.5 Å². The summed E-state index contributed by atoms with van der Waals surface area (Å²) in [5.41, 5.74) is 0.973. The number of rotatable bonds is 4. The Balaban J connectivity index is 0.00000169. The van der Waals surface area contributed by atoms with Crippen molar-refractivity contribution in [2.45, 2.75) is 26.2 Å². The molecule has 1 aromatic carbocycles. The Morgan fingerprint density at radius 1 is 1.36 bits per heavy atom. The second kappa shape index (κ2) is 7.16. The van der Waals surface area contributed by atoms with Crippen LogP contribution in [0.25, 0.3) is 0 Å². The standard InChI is InChI=1S/C11H16O2.Na.H/c1-3-4-6-9-7-5-8-10(13-2)11(9)12;;/h5,7-8,12H,3-4,6H2,1-2H3;;. The van der Waals surface area contributed by atoms with E-state index in [1.807, 2.05) is 12.1 Å². The van der Waals surface area contributed by atoms with Crippen LogP contribution in [-0.2, 0) is 6.42 Å². The Morgan fingerprint density at radius 3 is 2.64 bits per heavy atom. The van der Waals surface area contributed by atoms with Crippen LogP contribution in [-0.4, -0.2) is 41.8 Å². The number of aryl methyl sites for hydroxylation is 1. The summed E-state index contributed by atoms with van der Waals surface area (Å²) < 4.78 is 5.02. The molecule has 1 aromatic rings. The molecular formula is C11H17NaO2. The van der Waals surface area contributed by atoms with E-state index in [1.165, 1.54) is 0 Å². The van der Waals surface area contributed by atoms with Gasteiger partial charge >= 0.3 is 29.6 Å². The van der Waals surface area contributed by atoms with E-state index in [4.69, 9.17) is 4.74 Å². The molecule has 0 spiro atoms. The fourth-order valence-corrected chi connectivity index (χ4v) is 1.30. The number of hydrogen-bond acceptors (Lipinski definition) is 2. The first-order chi connectivity index (χ1) is 6.29. The van der Waals surface area contributed by atoms with Crippen LogP contribution < -0.4 is 4.74 Å². The van der Waals surface area contributed by atoms with Gasteiger partial charge in [-0.2, -0.15) is 0 Å². The number of phenolic OH excluding ortho intramolecular Hbond substituents is 1. The minimum absolute atomic E-state index is 0. The van der Waals surface area contributed by atoms with Gasteiger partial charge in [-0.15, -0.1) is 0 Å². The van der Waals surface area contributed by atoms with Crippen molar-refractivity contribution in [3.05, 3.63) is 23.8 Å². The van der Waals surface area contributed by atoms with Crippen molar-refractivity contribution in [3.63, 3.8) is 0 Å². The molecule has 0 radical (unpaired) electrons. The molecule has 1 rings (SSSR count). The molecular weight excluding hydrogens is 187 g/mol. The number of hydrogen-bond donors (Lipinski definition) is 1. The third-order valence-electron chi connectivity index (χ3n) is 2.10. The summed E-state index contributed by atoms with van der Waals surface area (Å²) in [7, 11) is 1.57. The number of benzene rings is 1. The predicted molar refractivity (Wildman–Crippen MR) is 60.4 cm³/mol. The van der Waals surface area contributed by atoms with E-state index in [9.17, 15) is 5.11 Å². The van der Waals surface area contributed by atoms with E-state index in [0.29, 0.717) is 11.5 Å². The van der Waals surface area contributed by atoms with Crippen LogP contribution in [0.4, 0.5) is 0 Å². The molecule has 0 atom stereocenters. The molecule has 0 fully saturated rings. The molecule has 0 aliphatic carbocycles. The Labute approximate surface area is 108 Å². The molecule has 1 N–H and O–H groups in total. The number of aromatic hydroxyl groups is 1. The maximum absolute atomic E-state index is 9.69. The molecule has 0 aliphatic rings. The van der Waals surface area contributed by atoms with Crippen LogP contribution in [0.3, 0.4) is 0 Å². The molecule has 0 saturated carbocycles. The zero-order valence-corrected chi connectivity index (χ0v) is 8.21. The normalized spacial score (nSPS) is 9.29. The van der Waals surface area contributed by atoms with Crippen molar-refractivity contribution in [1.82, 2.24) is 0 Å². The predicted octanol–water partition coefficient (Wildman–Crippen LogP) is 2.09. The van der Waals surface area contributed by atoms with Crippen LogP contribution in [0.2, 0.25) is 0 Å². The average molecular weight is 204 g/mol. The quantitative estimate of drug-likeness (QED) is 0.761. The zero-order valence-electron chi connectivity index (χ0n) is 8.21. The van der Waals surface area contributed by atoms with Gasteiger partial charge in [0.25, 0.3) is 0 Å². The van der Waals surface area contributed by atoms with Gasteiger partial charge in [-0.3, -0.25) is 0 Å². The van der Waals surface area contributed by atoms with E-state index in [1.54, 1.807) is 13.2 Å². The number of methoxy groups -OCH3 is 1. The Morgan fingerprint density at radius 2 is 2.07 bits per heavy atom. The van der Waals surface area contributed by atoms with Crippen LogP contribution in [0, 0.1) is 0 Å². The Hall–Kier alpha value is -0.180. The number of para-hydroxylation sites is 1. The molecule has 74 valence electrons. The Bertz CT molecular complexity index is 274. The summed E-state index contributed by atoms with van der Waals surface area (Å²) >= 11 is 0. The molecule has 0 unspecified atom stereocenters. The molecule has 3 heteroatoms. The van der Waals surface area contributed by atoms with Crippen LogP contribution in [0.5, 0.6) is 11.5 Å². The topological polar surface area (TPSA) is 29.5 Å². The first-order valence-corrected chi connectivity index (χ1v) is 4.64. The SMILES string of the molecule is CCCCc1cccc(OC)c1O.[NaH]. The molecule has 14 heavy (non-hydrogen) atoms. The second-order valence-electron chi connectivity index (χ2n) is 3.07. The van der Waals surface area contributed by atoms with Gasteiger partial charge in [0.1, 0.15) is 0 Å². The minimum atomic E-state index is 0. The molecule has 0 heterocycles. The molecule has 0 aromatic heterocycles. The maximum atomic E-state index is 9.69. The van der Waals surface area contributed by atoms with E-state index < -0.39 is 0 Å². The Kier molecular flexibility index (Phi) is 7.06. The summed E-state index contributed by atoms with van der Waals surface area (Å²) in [4.78, 5) is 0. The molecule has 0 aliphatic heterocycles. The molecule has 0 saturated heterocycles. The van der Waals surface area contributed by atoms with E-state index >= 15 is 0 Å². The fourth-order valence-electron chi connectivity index (χ4n) is 1.30. The van der Waals surface area contributed by atoms with Gasteiger partial charge in [-0.1, -0.05) is 25.5 Å². The van der Waals surface area contributed by atoms with Crippen LogP contribution >= 0.6 is 0 Å². The van der Waals surface area contributed by atoms with Gasteiger partial charge in [-0.05, 0) is 24.5 Å². The molecule has 0 amide bonds. The summed E-state index contributed by atoms with van der Waals surface area (Å²) in [5, 5.41) is 9.69. The van der Waals surface area contributed by atoms with Crippen LogP contribution in [0.1, 0.15) is 25.3 Å². The third kappa shape index (κ3) is 3.52. The summed E-state index contributed by atoms with van der Waals surface area (Å²) in [6, 6.07) is 5.61. The second-order valence-corrected chi connectivity index (χ2v) is 3.07. The van der Waals surface area contributed by atoms with Gasteiger partial charge < -0.3 is 9.84 Å². The van der Waals surface area contributed by atoms with E-state index in [0.717, 1.165) is 24.8 Å².